The molecule has 6 heteroatoms. The molecule has 0 aliphatic heterocycles. The molecule has 3 nitrogen and oxygen atoms in total. The minimum atomic E-state index is -4.56. The highest BCUT2D eigenvalue weighted by atomic mass is 19.4. The van der Waals surface area contributed by atoms with E-state index >= 15 is 0 Å². The number of aromatic nitrogens is 1. The summed E-state index contributed by atoms with van der Waals surface area (Å²) in [5.41, 5.74) is -0.590. The third kappa shape index (κ3) is 4.06. The second-order valence-corrected chi connectivity index (χ2v) is 5.50. The van der Waals surface area contributed by atoms with Crippen molar-refractivity contribution in [1.82, 2.24) is 4.98 Å². The van der Waals surface area contributed by atoms with Gasteiger partial charge in [-0.2, -0.15) is 13.2 Å². The van der Waals surface area contributed by atoms with Gasteiger partial charge in [0.1, 0.15) is 5.56 Å². The number of rotatable bonds is 6. The highest BCUT2D eigenvalue weighted by Crippen LogP contribution is 2.45. The lowest BCUT2D eigenvalue weighted by atomic mass is 10.1. The Bertz CT molecular complexity index is 669. The van der Waals surface area contributed by atoms with E-state index in [4.69, 9.17) is 9.47 Å². The van der Waals surface area contributed by atoms with E-state index in [1.54, 1.807) is 26.0 Å². The third-order valence-electron chi connectivity index (χ3n) is 3.19. The van der Waals surface area contributed by atoms with Crippen LogP contribution < -0.4 is 9.47 Å². The van der Waals surface area contributed by atoms with Crippen LogP contribution in [0.15, 0.2) is 24.3 Å². The summed E-state index contributed by atoms with van der Waals surface area (Å²) in [7, 11) is 0. The number of halogens is 3. The first-order valence-corrected chi connectivity index (χ1v) is 7.64. The molecule has 0 N–H and O–H groups in total. The molecule has 126 valence electrons. The number of fused-ring (bicyclic) bond motifs is 1. The topological polar surface area (TPSA) is 31.4 Å². The lowest BCUT2D eigenvalue weighted by Gasteiger charge is -2.20. The predicted molar refractivity (Wildman–Crippen MR) is 82.9 cm³/mol. The van der Waals surface area contributed by atoms with Gasteiger partial charge in [0, 0.05) is 5.39 Å². The van der Waals surface area contributed by atoms with E-state index in [2.05, 4.69) is 4.98 Å². The minimum Gasteiger partial charge on any atom is -0.487 e. The molecule has 2 rings (SSSR count). The molecule has 0 spiro atoms. The molecule has 0 aliphatic rings. The molecule has 0 fully saturated rings. The molecule has 1 aromatic carbocycles. The molecule has 2 aromatic rings. The number of pyridine rings is 1. The smallest absolute Gasteiger partial charge is 0.420 e. The van der Waals surface area contributed by atoms with Crippen molar-refractivity contribution >= 4 is 10.9 Å². The van der Waals surface area contributed by atoms with Gasteiger partial charge in [-0.15, -0.1) is 0 Å². The molecular weight excluding hydrogens is 307 g/mol. The summed E-state index contributed by atoms with van der Waals surface area (Å²) < 4.78 is 51.8. The summed E-state index contributed by atoms with van der Waals surface area (Å²) >= 11 is 0. The van der Waals surface area contributed by atoms with Gasteiger partial charge in [0.05, 0.1) is 18.2 Å². The quantitative estimate of drug-likeness (QED) is 0.682. The average Bonchev–Trinajstić information content (AvgIpc) is 2.45. The number of ether oxygens (including phenoxy) is 2. The molecule has 0 atom stereocenters. The first-order valence-electron chi connectivity index (χ1n) is 7.64. The van der Waals surface area contributed by atoms with Gasteiger partial charge in [-0.25, -0.2) is 4.98 Å². The lowest BCUT2D eigenvalue weighted by Crippen LogP contribution is -2.15. The summed E-state index contributed by atoms with van der Waals surface area (Å²) in [6.07, 6.45) is -3.38. The van der Waals surface area contributed by atoms with E-state index in [-0.39, 0.29) is 35.2 Å². The van der Waals surface area contributed by atoms with E-state index in [1.165, 1.54) is 12.1 Å². The normalized spacial score (nSPS) is 12.0. The first kappa shape index (κ1) is 17.4. The van der Waals surface area contributed by atoms with E-state index in [0.717, 1.165) is 6.42 Å². The Hall–Kier alpha value is -1.98. The molecule has 0 saturated heterocycles. The minimum absolute atomic E-state index is 0.0163. The van der Waals surface area contributed by atoms with Gasteiger partial charge >= 0.3 is 6.18 Å². The fourth-order valence-electron chi connectivity index (χ4n) is 2.21. The summed E-state index contributed by atoms with van der Waals surface area (Å²) in [5, 5.41) is 0.0163. The van der Waals surface area contributed by atoms with Crippen molar-refractivity contribution in [2.24, 2.45) is 0 Å². The van der Waals surface area contributed by atoms with E-state index < -0.39 is 11.7 Å². The Morgan fingerprint density at radius 1 is 1.17 bits per heavy atom. The number of para-hydroxylation sites is 1. The number of hydrogen-bond donors (Lipinski definition) is 0. The van der Waals surface area contributed by atoms with Gasteiger partial charge in [0.25, 0.3) is 5.88 Å². The van der Waals surface area contributed by atoms with Crippen LogP contribution >= 0.6 is 0 Å². The van der Waals surface area contributed by atoms with Crippen molar-refractivity contribution in [3.63, 3.8) is 0 Å². The molecule has 0 unspecified atom stereocenters. The molecule has 0 radical (unpaired) electrons. The van der Waals surface area contributed by atoms with Crippen LogP contribution in [0.5, 0.6) is 11.6 Å². The van der Waals surface area contributed by atoms with Gasteiger partial charge in [0.2, 0.25) is 0 Å². The van der Waals surface area contributed by atoms with Crippen LogP contribution in [0.3, 0.4) is 0 Å². The van der Waals surface area contributed by atoms with Crippen LogP contribution in [0.4, 0.5) is 13.2 Å². The molecule has 1 aromatic heterocycles. The Morgan fingerprint density at radius 2 is 1.87 bits per heavy atom. The van der Waals surface area contributed by atoms with Gasteiger partial charge in [-0.05, 0) is 26.3 Å². The van der Waals surface area contributed by atoms with Crippen LogP contribution in [0.25, 0.3) is 10.9 Å². The van der Waals surface area contributed by atoms with E-state index in [1.807, 2.05) is 6.92 Å². The molecular formula is C17H20F3NO2. The molecule has 0 aliphatic carbocycles. The maximum atomic E-state index is 13.6. The molecule has 1 heterocycles. The number of benzene rings is 1. The standard InChI is InChI=1S/C17H20F3NO2/c1-4-5-10-22-15-14(17(18,19)20)12-8-6-7-9-13(12)21-16(15)23-11(2)3/h6-9,11H,4-5,10H2,1-3H3. The predicted octanol–water partition coefficient (Wildman–Crippen LogP) is 5.22. The summed E-state index contributed by atoms with van der Waals surface area (Å²) in [4.78, 5) is 4.22. The number of nitrogens with zero attached hydrogens (tertiary/aromatic N) is 1. The van der Waals surface area contributed by atoms with E-state index in [0.29, 0.717) is 6.42 Å². The van der Waals surface area contributed by atoms with Gasteiger partial charge in [0.15, 0.2) is 5.75 Å². The molecule has 0 amide bonds. The largest absolute Gasteiger partial charge is 0.487 e. The summed E-state index contributed by atoms with van der Waals surface area (Å²) in [6, 6.07) is 6.13. The summed E-state index contributed by atoms with van der Waals surface area (Å²) in [6.45, 7) is 5.60. The van der Waals surface area contributed by atoms with Gasteiger partial charge < -0.3 is 9.47 Å². The van der Waals surface area contributed by atoms with Gasteiger partial charge in [-0.1, -0.05) is 31.5 Å². The van der Waals surface area contributed by atoms with Crippen molar-refractivity contribution in [3.8, 4) is 11.6 Å². The van der Waals surface area contributed by atoms with E-state index in [9.17, 15) is 13.2 Å². The molecule has 0 saturated carbocycles. The zero-order valence-electron chi connectivity index (χ0n) is 13.4. The first-order chi connectivity index (χ1) is 10.8. The van der Waals surface area contributed by atoms with Crippen molar-refractivity contribution in [2.45, 2.75) is 45.9 Å². The fourth-order valence-corrected chi connectivity index (χ4v) is 2.21. The zero-order valence-corrected chi connectivity index (χ0v) is 13.4. The van der Waals surface area contributed by atoms with Crippen LogP contribution in [-0.4, -0.2) is 17.7 Å². The van der Waals surface area contributed by atoms with Crippen LogP contribution in [0.1, 0.15) is 39.2 Å². The van der Waals surface area contributed by atoms with Crippen molar-refractivity contribution in [3.05, 3.63) is 29.8 Å². The molecule has 23 heavy (non-hydrogen) atoms. The Kier molecular flexibility index (Phi) is 5.34. The number of hydrogen-bond acceptors (Lipinski definition) is 3. The second-order valence-electron chi connectivity index (χ2n) is 5.50. The maximum absolute atomic E-state index is 13.6. The Labute approximate surface area is 133 Å². The monoisotopic (exact) mass is 327 g/mol. The zero-order chi connectivity index (χ0) is 17.0. The SMILES string of the molecule is CCCCOc1c(OC(C)C)nc2ccccc2c1C(F)(F)F. The highest BCUT2D eigenvalue weighted by molar-refractivity contribution is 5.86. The van der Waals surface area contributed by atoms with Crippen molar-refractivity contribution in [1.29, 1.82) is 0 Å². The Balaban J connectivity index is 2.67. The second kappa shape index (κ2) is 7.06. The Morgan fingerprint density at radius 3 is 2.48 bits per heavy atom. The molecule has 0 bridgehead atoms. The third-order valence-corrected chi connectivity index (χ3v) is 3.19. The average molecular weight is 327 g/mol. The lowest BCUT2D eigenvalue weighted by molar-refractivity contribution is -0.137. The van der Waals surface area contributed by atoms with Crippen molar-refractivity contribution in [2.75, 3.05) is 6.61 Å². The maximum Gasteiger partial charge on any atom is 0.420 e. The summed E-state index contributed by atoms with van der Waals surface area (Å²) in [5.74, 6) is -0.430. The van der Waals surface area contributed by atoms with Crippen molar-refractivity contribution < 1.29 is 22.6 Å². The van der Waals surface area contributed by atoms with Crippen LogP contribution in [0, 0.1) is 0 Å². The number of alkyl halides is 3. The number of unbranched alkanes of at least 4 members (excludes halogenated alkanes) is 1. The highest BCUT2D eigenvalue weighted by Gasteiger charge is 2.39. The van der Waals surface area contributed by atoms with Gasteiger partial charge in [-0.3, -0.25) is 0 Å². The fraction of sp³-hybridized carbons (Fsp3) is 0.471. The van der Waals surface area contributed by atoms with Crippen LogP contribution in [-0.2, 0) is 6.18 Å². The van der Waals surface area contributed by atoms with Crippen LogP contribution in [0.2, 0.25) is 0 Å².